The largest absolute Gasteiger partial charge is 0.399 e. The predicted octanol–water partition coefficient (Wildman–Crippen LogP) is 1.80. The van der Waals surface area contributed by atoms with E-state index < -0.39 is 10.0 Å². The van der Waals surface area contributed by atoms with Crippen LogP contribution < -0.4 is 5.73 Å². The van der Waals surface area contributed by atoms with Crippen LogP contribution in [-0.4, -0.2) is 49.5 Å². The number of rotatable bonds is 5. The van der Waals surface area contributed by atoms with Gasteiger partial charge in [-0.05, 0) is 32.0 Å². The van der Waals surface area contributed by atoms with E-state index in [9.17, 15) is 8.42 Å². The summed E-state index contributed by atoms with van der Waals surface area (Å²) >= 11 is 1.51. The molecule has 5 nitrogen and oxygen atoms in total. The Kier molecular flexibility index (Phi) is 5.54. The lowest BCUT2D eigenvalue weighted by Gasteiger charge is -2.34. The Morgan fingerprint density at radius 3 is 2.62 bits per heavy atom. The van der Waals surface area contributed by atoms with E-state index in [0.717, 1.165) is 4.90 Å². The van der Waals surface area contributed by atoms with Crippen molar-refractivity contribution in [2.45, 2.75) is 31.0 Å². The number of morpholine rings is 1. The number of thioether (sulfide) groups is 1. The fourth-order valence-corrected chi connectivity index (χ4v) is 5.29. The Labute approximate surface area is 130 Å². The topological polar surface area (TPSA) is 72.6 Å². The highest BCUT2D eigenvalue weighted by molar-refractivity contribution is 8.00. The minimum Gasteiger partial charge on any atom is -0.399 e. The van der Waals surface area contributed by atoms with Crippen molar-refractivity contribution in [3.05, 3.63) is 24.3 Å². The van der Waals surface area contributed by atoms with Gasteiger partial charge in [0.1, 0.15) is 0 Å². The van der Waals surface area contributed by atoms with Gasteiger partial charge >= 0.3 is 0 Å². The van der Waals surface area contributed by atoms with Crippen molar-refractivity contribution in [1.82, 2.24) is 4.31 Å². The third-order valence-electron chi connectivity index (χ3n) is 3.25. The number of ether oxygens (including phenoxy) is 1. The third-order valence-corrected chi connectivity index (χ3v) is 6.31. The van der Waals surface area contributed by atoms with Gasteiger partial charge in [-0.1, -0.05) is 6.07 Å². The number of hydrogen-bond acceptors (Lipinski definition) is 5. The molecule has 118 valence electrons. The number of nitrogen functional groups attached to an aromatic ring is 1. The summed E-state index contributed by atoms with van der Waals surface area (Å²) in [4.78, 5) is 0.994. The van der Waals surface area contributed by atoms with E-state index in [2.05, 4.69) is 0 Å². The first-order chi connectivity index (χ1) is 9.87. The summed E-state index contributed by atoms with van der Waals surface area (Å²) in [6.45, 7) is 4.69. The molecule has 0 unspecified atom stereocenters. The summed E-state index contributed by atoms with van der Waals surface area (Å²) in [6.07, 6.45) is -0.102. The van der Waals surface area contributed by atoms with E-state index >= 15 is 0 Å². The SMILES string of the molecule is C[C@@H]1CN(S(=O)(=O)CCSc2cccc(N)c2)C[C@H](C)O1. The normalized spacial score (nSPS) is 24.1. The standard InChI is InChI=1S/C14H22N2O3S2/c1-11-9-16(10-12(2)19-11)21(17,18)7-6-20-14-5-3-4-13(15)8-14/h3-5,8,11-12H,6-7,9-10,15H2,1-2H3/t11-,12+. The average Bonchev–Trinajstić information content (AvgIpc) is 2.37. The highest BCUT2D eigenvalue weighted by Gasteiger charge is 2.30. The molecule has 1 fully saturated rings. The van der Waals surface area contributed by atoms with Crippen molar-refractivity contribution >= 4 is 27.5 Å². The zero-order valence-electron chi connectivity index (χ0n) is 12.4. The van der Waals surface area contributed by atoms with Crippen molar-refractivity contribution < 1.29 is 13.2 Å². The third kappa shape index (κ3) is 4.88. The second-order valence-corrected chi connectivity index (χ2v) is 8.57. The first-order valence-electron chi connectivity index (χ1n) is 6.98. The molecular formula is C14H22N2O3S2. The second-order valence-electron chi connectivity index (χ2n) is 5.31. The number of sulfonamides is 1. The molecule has 21 heavy (non-hydrogen) atoms. The zero-order chi connectivity index (χ0) is 15.5. The lowest BCUT2D eigenvalue weighted by molar-refractivity contribution is -0.0440. The van der Waals surface area contributed by atoms with Crippen molar-refractivity contribution in [3.63, 3.8) is 0 Å². The maximum atomic E-state index is 12.4. The van der Waals surface area contributed by atoms with E-state index in [1.54, 1.807) is 4.31 Å². The lowest BCUT2D eigenvalue weighted by Crippen LogP contribution is -2.49. The van der Waals surface area contributed by atoms with Gasteiger partial charge in [-0.15, -0.1) is 11.8 Å². The summed E-state index contributed by atoms with van der Waals surface area (Å²) in [5.74, 6) is 0.651. The average molecular weight is 330 g/mol. The number of hydrogen-bond donors (Lipinski definition) is 1. The molecule has 2 atom stereocenters. The summed E-state index contributed by atoms with van der Waals surface area (Å²) in [5.41, 5.74) is 6.40. The van der Waals surface area contributed by atoms with Crippen molar-refractivity contribution in [2.75, 3.05) is 30.3 Å². The van der Waals surface area contributed by atoms with Crippen LogP contribution in [0.5, 0.6) is 0 Å². The van der Waals surface area contributed by atoms with E-state index in [4.69, 9.17) is 10.5 Å². The number of nitrogens with two attached hydrogens (primary N) is 1. The first kappa shape index (κ1) is 16.6. The monoisotopic (exact) mass is 330 g/mol. The summed E-state index contributed by atoms with van der Waals surface area (Å²) < 4.78 is 31.9. The van der Waals surface area contributed by atoms with Crippen LogP contribution in [0.2, 0.25) is 0 Å². The van der Waals surface area contributed by atoms with Gasteiger partial charge < -0.3 is 10.5 Å². The van der Waals surface area contributed by atoms with E-state index in [0.29, 0.717) is 24.5 Å². The van der Waals surface area contributed by atoms with Crippen LogP contribution in [0.1, 0.15) is 13.8 Å². The summed E-state index contributed by atoms with van der Waals surface area (Å²) in [5, 5.41) is 0. The second kappa shape index (κ2) is 7.00. The van der Waals surface area contributed by atoms with Crippen molar-refractivity contribution in [1.29, 1.82) is 0 Å². The molecule has 2 rings (SSSR count). The van der Waals surface area contributed by atoms with Crippen LogP contribution in [0.3, 0.4) is 0 Å². The molecule has 0 amide bonds. The molecule has 2 N–H and O–H groups in total. The predicted molar refractivity (Wildman–Crippen MR) is 86.9 cm³/mol. The molecule has 1 aromatic carbocycles. The van der Waals surface area contributed by atoms with Gasteiger partial charge in [-0.25, -0.2) is 8.42 Å². The van der Waals surface area contributed by atoms with E-state index in [-0.39, 0.29) is 18.0 Å². The highest BCUT2D eigenvalue weighted by atomic mass is 32.2. The lowest BCUT2D eigenvalue weighted by atomic mass is 10.3. The molecular weight excluding hydrogens is 308 g/mol. The molecule has 0 saturated carbocycles. The van der Waals surface area contributed by atoms with Gasteiger partial charge in [0, 0.05) is 29.4 Å². The Hall–Kier alpha value is -0.760. The van der Waals surface area contributed by atoms with Crippen molar-refractivity contribution in [2.24, 2.45) is 0 Å². The van der Waals surface area contributed by atoms with Gasteiger partial charge in [0.05, 0.1) is 18.0 Å². The van der Waals surface area contributed by atoms with Gasteiger partial charge in [-0.3, -0.25) is 0 Å². The molecule has 0 bridgehead atoms. The Bertz CT molecular complexity index is 567. The van der Waals surface area contributed by atoms with Crippen LogP contribution in [0.15, 0.2) is 29.2 Å². The fraction of sp³-hybridized carbons (Fsp3) is 0.571. The van der Waals surface area contributed by atoms with Crippen LogP contribution in [0, 0.1) is 0 Å². The Balaban J connectivity index is 1.89. The Morgan fingerprint density at radius 2 is 2.00 bits per heavy atom. The zero-order valence-corrected chi connectivity index (χ0v) is 14.0. The molecule has 0 aromatic heterocycles. The van der Waals surface area contributed by atoms with E-state index in [1.165, 1.54) is 11.8 Å². The minimum atomic E-state index is -3.23. The molecule has 0 radical (unpaired) electrons. The van der Waals surface area contributed by atoms with Gasteiger partial charge in [0.2, 0.25) is 10.0 Å². The first-order valence-corrected chi connectivity index (χ1v) is 9.58. The molecule has 1 aromatic rings. The van der Waals surface area contributed by atoms with Gasteiger partial charge in [0.25, 0.3) is 0 Å². The molecule has 7 heteroatoms. The summed E-state index contributed by atoms with van der Waals surface area (Å²) in [7, 11) is -3.23. The number of anilines is 1. The molecule has 0 aliphatic carbocycles. The Morgan fingerprint density at radius 1 is 1.33 bits per heavy atom. The van der Waals surface area contributed by atoms with Gasteiger partial charge in [0.15, 0.2) is 0 Å². The maximum Gasteiger partial charge on any atom is 0.215 e. The van der Waals surface area contributed by atoms with Gasteiger partial charge in [-0.2, -0.15) is 4.31 Å². The smallest absolute Gasteiger partial charge is 0.215 e. The van der Waals surface area contributed by atoms with Crippen LogP contribution in [0.25, 0.3) is 0 Å². The number of benzene rings is 1. The van der Waals surface area contributed by atoms with E-state index in [1.807, 2.05) is 38.1 Å². The molecule has 0 spiro atoms. The molecule has 1 aliphatic rings. The maximum absolute atomic E-state index is 12.4. The minimum absolute atomic E-state index is 0.0508. The molecule has 1 heterocycles. The number of nitrogens with zero attached hydrogens (tertiary/aromatic N) is 1. The van der Waals surface area contributed by atoms with Crippen LogP contribution in [-0.2, 0) is 14.8 Å². The quantitative estimate of drug-likeness (QED) is 0.658. The highest BCUT2D eigenvalue weighted by Crippen LogP contribution is 2.21. The van der Waals surface area contributed by atoms with Crippen molar-refractivity contribution in [3.8, 4) is 0 Å². The molecule has 1 saturated heterocycles. The van der Waals surface area contributed by atoms with Crippen LogP contribution >= 0.6 is 11.8 Å². The summed E-state index contributed by atoms with van der Waals surface area (Å²) in [6, 6.07) is 7.48. The fourth-order valence-electron chi connectivity index (χ4n) is 2.36. The molecule has 1 aliphatic heterocycles. The van der Waals surface area contributed by atoms with Crippen LogP contribution in [0.4, 0.5) is 5.69 Å².